The van der Waals surface area contributed by atoms with Gasteiger partial charge in [-0.15, -0.1) is 12.4 Å². The molecule has 0 saturated carbocycles. The number of rotatable bonds is 9. The number of methoxy groups -OCH3 is 1. The van der Waals surface area contributed by atoms with E-state index in [2.05, 4.69) is 4.90 Å². The Balaban J connectivity index is 0.00000481. The molecule has 12 heteroatoms. The van der Waals surface area contributed by atoms with E-state index in [1.807, 2.05) is 60.7 Å². The van der Waals surface area contributed by atoms with Gasteiger partial charge in [-0.1, -0.05) is 72.8 Å². The maximum absolute atomic E-state index is 14.0. The highest BCUT2D eigenvalue weighted by Crippen LogP contribution is 2.53. The third-order valence-corrected chi connectivity index (χ3v) is 10.8. The molecule has 2 aliphatic carbocycles. The predicted octanol–water partition coefficient (Wildman–Crippen LogP) is 4.99. The van der Waals surface area contributed by atoms with Gasteiger partial charge in [0.15, 0.2) is 12.1 Å². The zero-order chi connectivity index (χ0) is 36.9. The summed E-state index contributed by atoms with van der Waals surface area (Å²) in [7, 11) is 1.37. The van der Waals surface area contributed by atoms with E-state index in [9.17, 15) is 35.1 Å². The van der Waals surface area contributed by atoms with Gasteiger partial charge >= 0.3 is 0 Å². The van der Waals surface area contributed by atoms with Gasteiger partial charge in [-0.2, -0.15) is 0 Å². The van der Waals surface area contributed by atoms with Crippen molar-refractivity contribution in [1.82, 2.24) is 4.90 Å². The molecule has 4 aromatic rings. The van der Waals surface area contributed by atoms with Crippen LogP contribution in [0.3, 0.4) is 0 Å². The Morgan fingerprint density at radius 1 is 0.887 bits per heavy atom. The van der Waals surface area contributed by atoms with Crippen LogP contribution < -0.4 is 4.74 Å². The summed E-state index contributed by atoms with van der Waals surface area (Å²) in [6.45, 7) is 4.19. The number of carbonyl (C=O) groups excluding carboxylic acids is 2. The largest absolute Gasteiger partial charge is 0.507 e. The molecule has 1 fully saturated rings. The zero-order valence-corrected chi connectivity index (χ0v) is 30.5. The van der Waals surface area contributed by atoms with Gasteiger partial charge in [0.05, 0.1) is 53.8 Å². The number of ketones is 2. The van der Waals surface area contributed by atoms with Crippen LogP contribution in [-0.2, 0) is 29.0 Å². The van der Waals surface area contributed by atoms with Crippen molar-refractivity contribution in [2.24, 2.45) is 0 Å². The van der Waals surface area contributed by atoms with Gasteiger partial charge in [0.25, 0.3) is 0 Å². The zero-order valence-electron chi connectivity index (χ0n) is 29.6. The predicted molar refractivity (Wildman–Crippen MR) is 197 cm³/mol. The molecule has 0 radical (unpaired) electrons. The van der Waals surface area contributed by atoms with Gasteiger partial charge < -0.3 is 39.7 Å². The Morgan fingerprint density at radius 3 is 2.08 bits per heavy atom. The topological polar surface area (TPSA) is 166 Å². The summed E-state index contributed by atoms with van der Waals surface area (Å²) in [5.41, 5.74) is -0.555. The average molecular weight is 746 g/mol. The van der Waals surface area contributed by atoms with E-state index < -0.39 is 76.5 Å². The molecular formula is C41H44ClNO10. The third-order valence-electron chi connectivity index (χ3n) is 10.8. The maximum Gasteiger partial charge on any atom is 0.202 e. The minimum atomic E-state index is -1.84. The van der Waals surface area contributed by atoms with Crippen molar-refractivity contribution in [3.8, 4) is 17.2 Å². The minimum Gasteiger partial charge on any atom is -0.507 e. The SMILES string of the molecule is COc1cccc2c1C(=O)c1c(O)c3c(c(O)c1C2=O)CC(O)(C(C)O)CC3OC1CC(N(Cc2ccccc2)Cc2ccccc2)C(O)C(C)O1.Cl. The lowest BCUT2D eigenvalue weighted by Crippen LogP contribution is -2.55. The van der Waals surface area contributed by atoms with Crippen LogP contribution in [0.5, 0.6) is 17.2 Å². The average Bonchev–Trinajstić information content (AvgIpc) is 3.13. The minimum absolute atomic E-state index is 0. The number of halogens is 1. The van der Waals surface area contributed by atoms with Gasteiger partial charge in [0, 0.05) is 55.1 Å². The van der Waals surface area contributed by atoms with Crippen molar-refractivity contribution in [3.63, 3.8) is 0 Å². The van der Waals surface area contributed by atoms with Crippen molar-refractivity contribution >= 4 is 24.0 Å². The summed E-state index contributed by atoms with van der Waals surface area (Å²) in [6, 6.07) is 23.9. The Bertz CT molecular complexity index is 1950. The second-order valence-electron chi connectivity index (χ2n) is 14.1. The summed E-state index contributed by atoms with van der Waals surface area (Å²) in [4.78, 5) is 30.0. The Hall–Kier alpha value is -4.33. The number of hydrogen-bond acceptors (Lipinski definition) is 11. The first-order valence-corrected chi connectivity index (χ1v) is 17.5. The molecule has 0 spiro atoms. The molecule has 1 saturated heterocycles. The van der Waals surface area contributed by atoms with Crippen molar-refractivity contribution in [2.75, 3.05) is 7.11 Å². The van der Waals surface area contributed by atoms with Crippen molar-refractivity contribution < 1.29 is 49.3 Å². The smallest absolute Gasteiger partial charge is 0.202 e. The van der Waals surface area contributed by atoms with Crippen LogP contribution in [0.1, 0.15) is 86.9 Å². The van der Waals surface area contributed by atoms with Crippen LogP contribution in [0.25, 0.3) is 0 Å². The molecule has 280 valence electrons. The summed E-state index contributed by atoms with van der Waals surface area (Å²) in [5, 5.41) is 57.7. The summed E-state index contributed by atoms with van der Waals surface area (Å²) < 4.78 is 18.2. The fourth-order valence-corrected chi connectivity index (χ4v) is 7.97. The van der Waals surface area contributed by atoms with Crippen molar-refractivity contribution in [3.05, 3.63) is 123 Å². The number of benzene rings is 4. The van der Waals surface area contributed by atoms with E-state index in [0.717, 1.165) is 11.1 Å². The number of phenolic OH excluding ortho intramolecular Hbond substituents is 2. The molecule has 1 aliphatic heterocycles. The molecule has 5 N–H and O–H groups in total. The summed E-state index contributed by atoms with van der Waals surface area (Å²) in [5.74, 6) is -2.41. The first-order valence-electron chi connectivity index (χ1n) is 17.5. The first-order chi connectivity index (χ1) is 24.9. The number of nitrogens with zero attached hydrogens (tertiary/aromatic N) is 1. The van der Waals surface area contributed by atoms with E-state index in [4.69, 9.17) is 14.2 Å². The number of phenols is 2. The Labute approximate surface area is 313 Å². The van der Waals surface area contributed by atoms with E-state index in [-0.39, 0.29) is 59.7 Å². The second kappa shape index (κ2) is 15.2. The first kappa shape index (κ1) is 38.4. The molecular weight excluding hydrogens is 702 g/mol. The number of aliphatic hydroxyl groups is 3. The normalized spacial score (nSPS) is 25.5. The highest BCUT2D eigenvalue weighted by Gasteiger charge is 2.50. The number of aliphatic hydroxyl groups excluding tert-OH is 2. The van der Waals surface area contributed by atoms with Crippen LogP contribution in [-0.4, -0.2) is 85.4 Å². The van der Waals surface area contributed by atoms with Crippen LogP contribution in [0.4, 0.5) is 0 Å². The molecule has 4 aromatic carbocycles. The van der Waals surface area contributed by atoms with Gasteiger partial charge in [0.2, 0.25) is 5.78 Å². The van der Waals surface area contributed by atoms with Crippen molar-refractivity contribution in [2.45, 2.75) is 88.5 Å². The van der Waals surface area contributed by atoms with Crippen molar-refractivity contribution in [1.29, 1.82) is 0 Å². The Kier molecular flexibility index (Phi) is 11.0. The standard InChI is InChI=1S/C41H43NO10.ClH/c1-22-36(44)28(42(20-24-11-6-4-7-12-24)21-25-13-8-5-9-14-25)17-31(51-22)52-30-19-41(49,23(2)43)18-27-33(30)40(48)35-34(38(27)46)37(45)26-15-10-16-29(50-3)32(26)39(35)47;/h4-16,22-23,28,30-31,36,43-44,46,48-49H,17-21H2,1-3H3;1H. The van der Waals surface area contributed by atoms with E-state index >= 15 is 0 Å². The van der Waals surface area contributed by atoms with Gasteiger partial charge in [0.1, 0.15) is 17.2 Å². The lowest BCUT2D eigenvalue weighted by atomic mass is 9.71. The highest BCUT2D eigenvalue weighted by molar-refractivity contribution is 6.31. The quantitative estimate of drug-likeness (QED) is 0.129. The van der Waals surface area contributed by atoms with Crippen LogP contribution >= 0.6 is 12.4 Å². The lowest BCUT2D eigenvalue weighted by molar-refractivity contribution is -0.262. The molecule has 0 aromatic heterocycles. The summed E-state index contributed by atoms with van der Waals surface area (Å²) >= 11 is 0. The molecule has 1 heterocycles. The molecule has 11 nitrogen and oxygen atoms in total. The number of carbonyl (C=O) groups is 2. The number of ether oxygens (including phenoxy) is 3. The van der Waals surface area contributed by atoms with Gasteiger partial charge in [-0.25, -0.2) is 0 Å². The van der Waals surface area contributed by atoms with E-state index in [1.165, 1.54) is 26.2 Å². The van der Waals surface area contributed by atoms with E-state index in [1.54, 1.807) is 13.0 Å². The lowest BCUT2D eigenvalue weighted by Gasteiger charge is -2.46. The maximum atomic E-state index is 14.0. The summed E-state index contributed by atoms with van der Waals surface area (Å²) in [6.07, 6.45) is -5.46. The second-order valence-corrected chi connectivity index (χ2v) is 14.1. The molecule has 3 aliphatic rings. The molecule has 7 unspecified atom stereocenters. The highest BCUT2D eigenvalue weighted by atomic mass is 35.5. The number of hydrogen-bond donors (Lipinski definition) is 5. The number of fused-ring (bicyclic) bond motifs is 3. The van der Waals surface area contributed by atoms with Gasteiger partial charge in [-0.05, 0) is 31.0 Å². The molecule has 7 rings (SSSR count). The number of aromatic hydroxyl groups is 2. The monoisotopic (exact) mass is 745 g/mol. The fourth-order valence-electron chi connectivity index (χ4n) is 7.97. The van der Waals surface area contributed by atoms with Gasteiger partial charge in [-0.3, -0.25) is 14.5 Å². The molecule has 0 bridgehead atoms. The Morgan fingerprint density at radius 2 is 1.49 bits per heavy atom. The molecule has 0 amide bonds. The van der Waals surface area contributed by atoms with Crippen LogP contribution in [0.2, 0.25) is 0 Å². The molecule has 7 atom stereocenters. The molecule has 53 heavy (non-hydrogen) atoms. The fraction of sp³-hybridized carbons (Fsp3) is 0.366. The van der Waals surface area contributed by atoms with Crippen LogP contribution in [0.15, 0.2) is 78.9 Å². The third kappa shape index (κ3) is 6.94. The van der Waals surface area contributed by atoms with E-state index in [0.29, 0.717) is 13.1 Å². The van der Waals surface area contributed by atoms with Crippen LogP contribution in [0, 0.1) is 0 Å².